The smallest absolute Gasteiger partial charge is 0.336 e. The van der Waals surface area contributed by atoms with E-state index in [-0.39, 0.29) is 5.56 Å². The third-order valence-corrected chi connectivity index (χ3v) is 3.70. The maximum Gasteiger partial charge on any atom is 0.336 e. The number of nitrogens with zero attached hydrogens (tertiary/aromatic N) is 1. The standard InChI is InChI=1S/C10H6BrClN2O2S/c11-7-2-1-5(3-6(7)9(15)16)13-10-14-8(12)4-17-10/h1-4H,(H,13,14)(H,15,16). The number of aromatic carboxylic acids is 1. The highest BCUT2D eigenvalue weighted by Gasteiger charge is 2.09. The van der Waals surface area contributed by atoms with Crippen molar-refractivity contribution in [2.75, 3.05) is 5.32 Å². The second-order valence-electron chi connectivity index (χ2n) is 3.10. The zero-order valence-electron chi connectivity index (χ0n) is 8.28. The second-order valence-corrected chi connectivity index (χ2v) is 5.20. The first-order chi connectivity index (χ1) is 8.06. The topological polar surface area (TPSA) is 62.2 Å². The molecule has 0 spiro atoms. The first kappa shape index (κ1) is 12.3. The van der Waals surface area contributed by atoms with Gasteiger partial charge in [0.1, 0.15) is 5.15 Å². The number of rotatable bonds is 3. The maximum atomic E-state index is 10.9. The predicted octanol–water partition coefficient (Wildman–Crippen LogP) is 4.00. The lowest BCUT2D eigenvalue weighted by Gasteiger charge is -2.05. The van der Waals surface area contributed by atoms with Crippen LogP contribution in [0.4, 0.5) is 10.8 Å². The summed E-state index contributed by atoms with van der Waals surface area (Å²) in [4.78, 5) is 15.0. The first-order valence-electron chi connectivity index (χ1n) is 4.47. The highest BCUT2D eigenvalue weighted by atomic mass is 79.9. The molecule has 0 saturated carbocycles. The van der Waals surface area contributed by atoms with Gasteiger partial charge in [0, 0.05) is 15.5 Å². The molecule has 4 nitrogen and oxygen atoms in total. The van der Waals surface area contributed by atoms with Gasteiger partial charge in [0.05, 0.1) is 5.56 Å². The molecule has 0 bridgehead atoms. The highest BCUT2D eigenvalue weighted by molar-refractivity contribution is 9.10. The normalized spacial score (nSPS) is 10.2. The molecular weight excluding hydrogens is 328 g/mol. The van der Waals surface area contributed by atoms with Gasteiger partial charge >= 0.3 is 5.97 Å². The van der Waals surface area contributed by atoms with Crippen LogP contribution in [0.15, 0.2) is 28.1 Å². The van der Waals surface area contributed by atoms with Gasteiger partial charge < -0.3 is 10.4 Å². The van der Waals surface area contributed by atoms with E-state index in [1.165, 1.54) is 17.4 Å². The van der Waals surface area contributed by atoms with Crippen LogP contribution in [0, 0.1) is 0 Å². The Hall–Kier alpha value is -1.11. The van der Waals surface area contributed by atoms with E-state index in [0.717, 1.165) is 0 Å². The lowest BCUT2D eigenvalue weighted by atomic mass is 10.2. The highest BCUT2D eigenvalue weighted by Crippen LogP contribution is 2.26. The molecule has 17 heavy (non-hydrogen) atoms. The molecule has 0 unspecified atom stereocenters. The van der Waals surface area contributed by atoms with Crippen molar-refractivity contribution in [3.8, 4) is 0 Å². The largest absolute Gasteiger partial charge is 0.478 e. The molecule has 0 aliphatic heterocycles. The summed E-state index contributed by atoms with van der Waals surface area (Å²) < 4.78 is 0.535. The molecule has 7 heteroatoms. The van der Waals surface area contributed by atoms with Crippen molar-refractivity contribution >= 4 is 55.7 Å². The van der Waals surface area contributed by atoms with E-state index in [2.05, 4.69) is 26.2 Å². The molecule has 0 radical (unpaired) electrons. The Morgan fingerprint density at radius 1 is 1.53 bits per heavy atom. The maximum absolute atomic E-state index is 10.9. The number of benzene rings is 1. The van der Waals surface area contributed by atoms with E-state index in [1.54, 1.807) is 17.5 Å². The van der Waals surface area contributed by atoms with E-state index in [4.69, 9.17) is 16.7 Å². The minimum atomic E-state index is -0.988. The minimum absolute atomic E-state index is 0.192. The van der Waals surface area contributed by atoms with Gasteiger partial charge in [0.25, 0.3) is 0 Å². The Morgan fingerprint density at radius 2 is 2.29 bits per heavy atom. The molecule has 0 fully saturated rings. The fourth-order valence-electron chi connectivity index (χ4n) is 1.20. The number of carbonyl (C=O) groups is 1. The van der Waals surface area contributed by atoms with E-state index in [0.29, 0.717) is 20.4 Å². The zero-order chi connectivity index (χ0) is 12.4. The third-order valence-electron chi connectivity index (χ3n) is 1.92. The van der Waals surface area contributed by atoms with E-state index in [9.17, 15) is 4.79 Å². The van der Waals surface area contributed by atoms with Gasteiger partial charge in [-0.3, -0.25) is 0 Å². The summed E-state index contributed by atoms with van der Waals surface area (Å²) in [5, 5.41) is 14.7. The quantitative estimate of drug-likeness (QED) is 0.891. The SMILES string of the molecule is O=C(O)c1cc(Nc2nc(Cl)cs2)ccc1Br. The van der Waals surface area contributed by atoms with Crippen LogP contribution in [-0.4, -0.2) is 16.1 Å². The molecular formula is C10H6BrClN2O2S. The number of anilines is 2. The monoisotopic (exact) mass is 332 g/mol. The summed E-state index contributed by atoms with van der Waals surface area (Å²) in [6.07, 6.45) is 0. The van der Waals surface area contributed by atoms with Crippen LogP contribution in [-0.2, 0) is 0 Å². The van der Waals surface area contributed by atoms with E-state index in [1.807, 2.05) is 0 Å². The van der Waals surface area contributed by atoms with Crippen LogP contribution in [0.3, 0.4) is 0 Å². The summed E-state index contributed by atoms with van der Waals surface area (Å²) in [5.41, 5.74) is 0.842. The van der Waals surface area contributed by atoms with Crippen molar-refractivity contribution in [1.82, 2.24) is 4.98 Å². The van der Waals surface area contributed by atoms with Crippen LogP contribution in [0.25, 0.3) is 0 Å². The van der Waals surface area contributed by atoms with E-state index < -0.39 is 5.97 Å². The molecule has 1 heterocycles. The first-order valence-corrected chi connectivity index (χ1v) is 6.52. The number of aromatic nitrogens is 1. The minimum Gasteiger partial charge on any atom is -0.478 e. The number of nitrogens with one attached hydrogen (secondary N) is 1. The second kappa shape index (κ2) is 5.03. The lowest BCUT2D eigenvalue weighted by Crippen LogP contribution is -1.99. The summed E-state index contributed by atoms with van der Waals surface area (Å²) in [7, 11) is 0. The molecule has 2 rings (SSSR count). The van der Waals surface area contributed by atoms with E-state index >= 15 is 0 Å². The van der Waals surface area contributed by atoms with Crippen molar-refractivity contribution < 1.29 is 9.90 Å². The van der Waals surface area contributed by atoms with Gasteiger partial charge in [-0.15, -0.1) is 11.3 Å². The van der Waals surface area contributed by atoms with Crippen LogP contribution < -0.4 is 5.32 Å². The van der Waals surface area contributed by atoms with Crippen molar-refractivity contribution in [3.05, 3.63) is 38.8 Å². The van der Waals surface area contributed by atoms with Crippen molar-refractivity contribution in [2.45, 2.75) is 0 Å². The number of carboxylic acid groups (broad SMARTS) is 1. The number of carboxylic acids is 1. The molecule has 2 N–H and O–H groups in total. The van der Waals surface area contributed by atoms with Gasteiger partial charge in [0.2, 0.25) is 0 Å². The average Bonchev–Trinajstić information content (AvgIpc) is 2.66. The Labute approximate surface area is 114 Å². The molecule has 1 aromatic carbocycles. The Bertz CT molecular complexity index is 573. The van der Waals surface area contributed by atoms with Crippen LogP contribution in [0.1, 0.15) is 10.4 Å². The third kappa shape index (κ3) is 2.96. The molecule has 0 aliphatic carbocycles. The summed E-state index contributed by atoms with van der Waals surface area (Å²) in [6.45, 7) is 0. The summed E-state index contributed by atoms with van der Waals surface area (Å²) in [6, 6.07) is 4.95. The van der Waals surface area contributed by atoms with Gasteiger partial charge in [0.15, 0.2) is 5.13 Å². The van der Waals surface area contributed by atoms with Crippen molar-refractivity contribution in [2.24, 2.45) is 0 Å². The van der Waals surface area contributed by atoms with Crippen LogP contribution in [0.2, 0.25) is 5.15 Å². The lowest BCUT2D eigenvalue weighted by molar-refractivity contribution is 0.0696. The number of thiazole rings is 1. The van der Waals surface area contributed by atoms with Crippen molar-refractivity contribution in [3.63, 3.8) is 0 Å². The number of halogens is 2. The number of hydrogen-bond acceptors (Lipinski definition) is 4. The van der Waals surface area contributed by atoms with Gasteiger partial charge in [-0.2, -0.15) is 0 Å². The number of hydrogen-bond donors (Lipinski definition) is 2. The fraction of sp³-hybridized carbons (Fsp3) is 0. The molecule has 0 atom stereocenters. The van der Waals surface area contributed by atoms with Gasteiger partial charge in [-0.1, -0.05) is 11.6 Å². The Morgan fingerprint density at radius 3 is 2.88 bits per heavy atom. The zero-order valence-corrected chi connectivity index (χ0v) is 11.4. The predicted molar refractivity (Wildman–Crippen MR) is 71.5 cm³/mol. The van der Waals surface area contributed by atoms with Gasteiger partial charge in [-0.05, 0) is 34.1 Å². The van der Waals surface area contributed by atoms with Crippen molar-refractivity contribution in [1.29, 1.82) is 0 Å². The average molecular weight is 334 g/mol. The molecule has 88 valence electrons. The Kier molecular flexibility index (Phi) is 3.66. The molecule has 1 aromatic heterocycles. The molecule has 0 aliphatic rings. The Balaban J connectivity index is 2.28. The molecule has 0 amide bonds. The molecule has 2 aromatic rings. The van der Waals surface area contributed by atoms with Crippen LogP contribution >= 0.6 is 38.9 Å². The van der Waals surface area contributed by atoms with Gasteiger partial charge in [-0.25, -0.2) is 9.78 Å². The summed E-state index contributed by atoms with van der Waals surface area (Å²) in [5.74, 6) is -0.988. The fourth-order valence-corrected chi connectivity index (χ4v) is 2.48. The summed E-state index contributed by atoms with van der Waals surface area (Å²) >= 11 is 10.2. The molecule has 0 saturated heterocycles. The van der Waals surface area contributed by atoms with Crippen LogP contribution in [0.5, 0.6) is 0 Å².